The van der Waals surface area contributed by atoms with Gasteiger partial charge in [-0.1, -0.05) is 15.9 Å². The first kappa shape index (κ1) is 14.1. The predicted molar refractivity (Wildman–Crippen MR) is 79.4 cm³/mol. The molecule has 3 N–H and O–H groups in total. The van der Waals surface area contributed by atoms with Crippen LogP contribution in [0.4, 0.5) is 14.7 Å². The van der Waals surface area contributed by atoms with Gasteiger partial charge in [-0.3, -0.25) is 5.43 Å². The first-order valence-electron chi connectivity index (χ1n) is 5.62. The van der Waals surface area contributed by atoms with Crippen LogP contribution in [0.1, 0.15) is 0 Å². The van der Waals surface area contributed by atoms with Gasteiger partial charge in [0.15, 0.2) is 11.6 Å². The van der Waals surface area contributed by atoms with Crippen LogP contribution in [0.2, 0.25) is 0 Å². The van der Waals surface area contributed by atoms with Crippen molar-refractivity contribution in [3.63, 3.8) is 0 Å². The second kappa shape index (κ2) is 5.51. The van der Waals surface area contributed by atoms with Crippen LogP contribution in [0.25, 0.3) is 10.2 Å². The van der Waals surface area contributed by atoms with E-state index in [0.29, 0.717) is 14.7 Å². The number of anilines is 1. The lowest BCUT2D eigenvalue weighted by atomic mass is 10.3. The van der Waals surface area contributed by atoms with E-state index in [0.717, 1.165) is 6.07 Å². The second-order valence-corrected chi connectivity index (χ2v) is 5.75. The first-order chi connectivity index (χ1) is 10.1. The van der Waals surface area contributed by atoms with Gasteiger partial charge in [-0.05, 0) is 23.6 Å². The Morgan fingerprint density at radius 3 is 2.86 bits per heavy atom. The van der Waals surface area contributed by atoms with Crippen molar-refractivity contribution in [3.8, 4) is 11.6 Å². The minimum atomic E-state index is -1.09. The third kappa shape index (κ3) is 2.67. The molecule has 0 saturated heterocycles. The molecule has 0 aliphatic carbocycles. The van der Waals surface area contributed by atoms with Gasteiger partial charge in [0.1, 0.15) is 4.83 Å². The number of halogens is 3. The van der Waals surface area contributed by atoms with E-state index in [1.807, 2.05) is 0 Å². The Morgan fingerprint density at radius 2 is 2.10 bits per heavy atom. The van der Waals surface area contributed by atoms with Crippen molar-refractivity contribution in [2.45, 2.75) is 0 Å². The number of fused-ring (bicyclic) bond motifs is 1. The largest absolute Gasteiger partial charge is 0.435 e. The maximum absolute atomic E-state index is 13.8. The van der Waals surface area contributed by atoms with Crippen LogP contribution in [-0.2, 0) is 0 Å². The minimum absolute atomic E-state index is 0.0885. The van der Waals surface area contributed by atoms with Gasteiger partial charge < -0.3 is 4.74 Å². The number of thiophene rings is 1. The molecule has 9 heteroatoms. The van der Waals surface area contributed by atoms with Gasteiger partial charge >= 0.3 is 0 Å². The summed E-state index contributed by atoms with van der Waals surface area (Å²) in [5.74, 6) is 3.09. The molecule has 2 aromatic heterocycles. The summed E-state index contributed by atoms with van der Waals surface area (Å²) in [7, 11) is 0. The van der Waals surface area contributed by atoms with Gasteiger partial charge in [0.25, 0.3) is 0 Å². The summed E-state index contributed by atoms with van der Waals surface area (Å²) >= 11 is 4.43. The molecule has 5 nitrogen and oxygen atoms in total. The van der Waals surface area contributed by atoms with Crippen molar-refractivity contribution in [1.82, 2.24) is 9.97 Å². The monoisotopic (exact) mass is 372 g/mol. The zero-order valence-electron chi connectivity index (χ0n) is 10.2. The molecule has 0 spiro atoms. The normalized spacial score (nSPS) is 10.9. The number of hydrogen-bond donors (Lipinski definition) is 2. The lowest BCUT2D eigenvalue weighted by Gasteiger charge is -2.09. The topological polar surface area (TPSA) is 73.1 Å². The minimum Gasteiger partial charge on any atom is -0.435 e. The Kier molecular flexibility index (Phi) is 3.70. The van der Waals surface area contributed by atoms with Crippen LogP contribution < -0.4 is 16.0 Å². The Balaban J connectivity index is 2.11. The van der Waals surface area contributed by atoms with E-state index < -0.39 is 11.6 Å². The van der Waals surface area contributed by atoms with Crippen LogP contribution in [0, 0.1) is 11.6 Å². The average molecular weight is 373 g/mol. The number of hydrogen-bond acceptors (Lipinski definition) is 6. The molecule has 1 aromatic carbocycles. The molecule has 0 saturated carbocycles. The number of hydrazine groups is 1. The van der Waals surface area contributed by atoms with E-state index in [1.165, 1.54) is 17.4 Å². The molecule has 3 rings (SSSR count). The maximum Gasteiger partial charge on any atom is 0.241 e. The Hall–Kier alpha value is -1.84. The fourth-order valence-electron chi connectivity index (χ4n) is 1.68. The number of rotatable bonds is 3. The Labute approximate surface area is 129 Å². The average Bonchev–Trinajstić information content (AvgIpc) is 2.92. The predicted octanol–water partition coefficient (Wildman–Crippen LogP) is 3.81. The molecule has 108 valence electrons. The number of nitrogen functional groups attached to an aromatic ring is 1. The number of nitrogens with two attached hydrogens (primary N) is 1. The van der Waals surface area contributed by atoms with Crippen LogP contribution in [-0.4, -0.2) is 9.97 Å². The molecule has 0 amide bonds. The fourth-order valence-corrected chi connectivity index (χ4v) is 2.84. The van der Waals surface area contributed by atoms with E-state index in [1.54, 1.807) is 11.4 Å². The lowest BCUT2D eigenvalue weighted by Crippen LogP contribution is -2.10. The summed E-state index contributed by atoms with van der Waals surface area (Å²) in [5.41, 5.74) is 2.30. The van der Waals surface area contributed by atoms with E-state index in [2.05, 4.69) is 31.3 Å². The molecule has 0 aliphatic rings. The van der Waals surface area contributed by atoms with Gasteiger partial charge in [0.05, 0.1) is 5.39 Å². The quantitative estimate of drug-likeness (QED) is 0.415. The molecule has 0 aliphatic heterocycles. The first-order valence-corrected chi connectivity index (χ1v) is 7.30. The third-order valence-electron chi connectivity index (χ3n) is 2.59. The van der Waals surface area contributed by atoms with E-state index in [4.69, 9.17) is 10.6 Å². The molecule has 0 bridgehead atoms. The summed E-state index contributed by atoms with van der Waals surface area (Å²) in [6, 6.07) is 4.05. The van der Waals surface area contributed by atoms with E-state index >= 15 is 0 Å². The Bertz CT molecular complexity index is 826. The highest BCUT2D eigenvalue weighted by atomic mass is 79.9. The highest BCUT2D eigenvalue weighted by molar-refractivity contribution is 9.10. The summed E-state index contributed by atoms with van der Waals surface area (Å²) in [5, 5.41) is 2.36. The van der Waals surface area contributed by atoms with Gasteiger partial charge in [-0.2, -0.15) is 9.37 Å². The molecule has 0 unspecified atom stereocenters. The third-order valence-corrected chi connectivity index (χ3v) is 3.85. The molecule has 21 heavy (non-hydrogen) atoms. The number of aromatic nitrogens is 2. The van der Waals surface area contributed by atoms with Crippen LogP contribution in [0.5, 0.6) is 11.6 Å². The highest BCUT2D eigenvalue weighted by Crippen LogP contribution is 2.34. The highest BCUT2D eigenvalue weighted by Gasteiger charge is 2.16. The van der Waals surface area contributed by atoms with E-state index in [9.17, 15) is 8.78 Å². The molecular formula is C12H7BrF2N4OS. The number of nitrogens with zero attached hydrogens (tertiary/aromatic N) is 2. The number of benzene rings is 1. The van der Waals surface area contributed by atoms with Crippen LogP contribution >= 0.6 is 27.3 Å². The summed E-state index contributed by atoms with van der Waals surface area (Å²) in [6.45, 7) is 0. The van der Waals surface area contributed by atoms with Crippen molar-refractivity contribution in [3.05, 3.63) is 39.7 Å². The molecule has 0 fully saturated rings. The van der Waals surface area contributed by atoms with Crippen molar-refractivity contribution in [2.75, 3.05) is 5.43 Å². The zero-order chi connectivity index (χ0) is 15.0. The number of ether oxygens (including phenoxy) is 1. The smallest absolute Gasteiger partial charge is 0.241 e. The second-order valence-electron chi connectivity index (χ2n) is 3.94. The SMILES string of the molecule is NNc1nc(Oc2cc(Br)cc(F)c2F)c2ccsc2n1. The van der Waals surface area contributed by atoms with E-state index in [-0.39, 0.29) is 17.6 Å². The van der Waals surface area contributed by atoms with Gasteiger partial charge in [0.2, 0.25) is 17.6 Å². The van der Waals surface area contributed by atoms with Crippen molar-refractivity contribution < 1.29 is 13.5 Å². The van der Waals surface area contributed by atoms with Crippen molar-refractivity contribution in [2.24, 2.45) is 5.84 Å². The summed E-state index contributed by atoms with van der Waals surface area (Å²) in [6.07, 6.45) is 0. The standard InChI is InChI=1S/C12H7BrF2N4OS/c13-5-3-7(14)9(15)8(4-5)20-10-6-1-2-21-11(6)18-12(17-10)19-16/h1-4H,16H2,(H,17,18,19). The van der Waals surface area contributed by atoms with Crippen molar-refractivity contribution in [1.29, 1.82) is 0 Å². The van der Waals surface area contributed by atoms with Crippen molar-refractivity contribution >= 4 is 43.4 Å². The summed E-state index contributed by atoms with van der Waals surface area (Å²) in [4.78, 5) is 8.76. The van der Waals surface area contributed by atoms with Crippen LogP contribution in [0.3, 0.4) is 0 Å². The van der Waals surface area contributed by atoms with Gasteiger partial charge in [-0.15, -0.1) is 11.3 Å². The van der Waals surface area contributed by atoms with Gasteiger partial charge in [0, 0.05) is 4.47 Å². The maximum atomic E-state index is 13.8. The molecule has 0 radical (unpaired) electrons. The molecular weight excluding hydrogens is 366 g/mol. The molecule has 2 heterocycles. The zero-order valence-corrected chi connectivity index (χ0v) is 12.6. The molecule has 0 atom stereocenters. The number of nitrogens with one attached hydrogen (secondary N) is 1. The van der Waals surface area contributed by atoms with Gasteiger partial charge in [-0.25, -0.2) is 15.2 Å². The Morgan fingerprint density at radius 1 is 1.29 bits per heavy atom. The van der Waals surface area contributed by atoms with Crippen LogP contribution in [0.15, 0.2) is 28.1 Å². The molecule has 3 aromatic rings. The summed E-state index contributed by atoms with van der Waals surface area (Å²) < 4.78 is 32.9. The lowest BCUT2D eigenvalue weighted by molar-refractivity contribution is 0.408. The fraction of sp³-hybridized carbons (Fsp3) is 0.